The van der Waals surface area contributed by atoms with Gasteiger partial charge in [-0.05, 0) is 17.7 Å². The van der Waals surface area contributed by atoms with Crippen LogP contribution in [0.3, 0.4) is 0 Å². The number of hydrogen-bond acceptors (Lipinski definition) is 3. The highest BCUT2D eigenvalue weighted by Gasteiger charge is 1.98. The fourth-order valence-corrected chi connectivity index (χ4v) is 0.865. The summed E-state index contributed by atoms with van der Waals surface area (Å²) in [5.41, 5.74) is 6.98. The molecule has 0 unspecified atom stereocenters. The number of rotatable bonds is 2. The molecule has 1 aromatic rings. The topological polar surface area (TPSA) is 66.5 Å². The SMILES string of the molecule is Nc1ccc(CC(O)O)cc1. The lowest BCUT2D eigenvalue weighted by molar-refractivity contribution is -0.0381. The van der Waals surface area contributed by atoms with Gasteiger partial charge in [-0.15, -0.1) is 0 Å². The van der Waals surface area contributed by atoms with Gasteiger partial charge in [-0.1, -0.05) is 12.1 Å². The zero-order valence-corrected chi connectivity index (χ0v) is 6.07. The van der Waals surface area contributed by atoms with Gasteiger partial charge < -0.3 is 15.9 Å². The first-order chi connectivity index (χ1) is 5.18. The van der Waals surface area contributed by atoms with Crippen molar-refractivity contribution >= 4 is 5.69 Å². The van der Waals surface area contributed by atoms with E-state index < -0.39 is 6.29 Å². The van der Waals surface area contributed by atoms with Gasteiger partial charge in [0.2, 0.25) is 0 Å². The predicted molar refractivity (Wildman–Crippen MR) is 42.8 cm³/mol. The van der Waals surface area contributed by atoms with Crippen molar-refractivity contribution < 1.29 is 10.2 Å². The molecule has 0 heterocycles. The van der Waals surface area contributed by atoms with Crippen LogP contribution in [0, 0.1) is 0 Å². The first-order valence-corrected chi connectivity index (χ1v) is 3.39. The maximum absolute atomic E-state index is 8.60. The Kier molecular flexibility index (Phi) is 2.46. The van der Waals surface area contributed by atoms with E-state index in [4.69, 9.17) is 15.9 Å². The molecular formula is C8H11NO2. The van der Waals surface area contributed by atoms with Crippen molar-refractivity contribution in [3.8, 4) is 0 Å². The smallest absolute Gasteiger partial charge is 0.155 e. The van der Waals surface area contributed by atoms with E-state index in [2.05, 4.69) is 0 Å². The van der Waals surface area contributed by atoms with Crippen molar-refractivity contribution in [1.82, 2.24) is 0 Å². The Morgan fingerprint density at radius 3 is 2.18 bits per heavy atom. The van der Waals surface area contributed by atoms with Gasteiger partial charge >= 0.3 is 0 Å². The van der Waals surface area contributed by atoms with E-state index in [9.17, 15) is 0 Å². The highest BCUT2D eigenvalue weighted by atomic mass is 16.5. The quantitative estimate of drug-likeness (QED) is 0.417. The molecule has 60 valence electrons. The van der Waals surface area contributed by atoms with Crippen LogP contribution in [-0.4, -0.2) is 16.5 Å². The van der Waals surface area contributed by atoms with Crippen LogP contribution in [0.1, 0.15) is 5.56 Å². The van der Waals surface area contributed by atoms with E-state index in [0.29, 0.717) is 5.69 Å². The van der Waals surface area contributed by atoms with Crippen LogP contribution < -0.4 is 5.73 Å². The zero-order chi connectivity index (χ0) is 8.27. The molecule has 0 aromatic heterocycles. The molecule has 0 aliphatic carbocycles. The van der Waals surface area contributed by atoms with Gasteiger partial charge in [-0.25, -0.2) is 0 Å². The average Bonchev–Trinajstić information content (AvgIpc) is 1.93. The first kappa shape index (κ1) is 8.04. The lowest BCUT2D eigenvalue weighted by atomic mass is 10.1. The molecule has 0 radical (unpaired) electrons. The fourth-order valence-electron chi connectivity index (χ4n) is 0.865. The summed E-state index contributed by atoms with van der Waals surface area (Å²) >= 11 is 0. The van der Waals surface area contributed by atoms with Crippen LogP contribution in [0.15, 0.2) is 24.3 Å². The molecule has 0 spiro atoms. The molecule has 0 aliphatic rings. The van der Waals surface area contributed by atoms with Gasteiger partial charge in [0, 0.05) is 12.1 Å². The summed E-state index contributed by atoms with van der Waals surface area (Å²) in [4.78, 5) is 0. The Bertz CT molecular complexity index is 218. The van der Waals surface area contributed by atoms with Crippen molar-refractivity contribution in [1.29, 1.82) is 0 Å². The Balaban J connectivity index is 2.66. The van der Waals surface area contributed by atoms with Crippen molar-refractivity contribution in [3.05, 3.63) is 29.8 Å². The average molecular weight is 153 g/mol. The maximum Gasteiger partial charge on any atom is 0.155 e. The lowest BCUT2D eigenvalue weighted by Gasteiger charge is -2.02. The predicted octanol–water partition coefficient (Wildman–Crippen LogP) is 0.122. The standard InChI is InChI=1S/C8H11NO2/c9-7-3-1-6(2-4-7)5-8(10)11/h1-4,8,10-11H,5,9H2. The molecule has 11 heavy (non-hydrogen) atoms. The molecule has 0 fully saturated rings. The second kappa shape index (κ2) is 3.37. The molecule has 1 aromatic carbocycles. The molecule has 0 saturated carbocycles. The first-order valence-electron chi connectivity index (χ1n) is 3.39. The van der Waals surface area contributed by atoms with Gasteiger partial charge in [-0.3, -0.25) is 0 Å². The van der Waals surface area contributed by atoms with Gasteiger partial charge in [0.15, 0.2) is 6.29 Å². The Morgan fingerprint density at radius 1 is 1.18 bits per heavy atom. The Hall–Kier alpha value is -1.06. The second-order valence-corrected chi connectivity index (χ2v) is 2.43. The van der Waals surface area contributed by atoms with E-state index in [0.717, 1.165) is 5.56 Å². The zero-order valence-electron chi connectivity index (χ0n) is 6.07. The van der Waals surface area contributed by atoms with Crippen LogP contribution in [-0.2, 0) is 6.42 Å². The van der Waals surface area contributed by atoms with Gasteiger partial charge in [0.1, 0.15) is 0 Å². The number of benzene rings is 1. The fraction of sp³-hybridized carbons (Fsp3) is 0.250. The van der Waals surface area contributed by atoms with Crippen molar-refractivity contribution in [2.75, 3.05) is 5.73 Å². The molecule has 3 heteroatoms. The summed E-state index contributed by atoms with van der Waals surface area (Å²) in [6, 6.07) is 7.01. The largest absolute Gasteiger partial charge is 0.399 e. The minimum Gasteiger partial charge on any atom is -0.399 e. The monoisotopic (exact) mass is 153 g/mol. The lowest BCUT2D eigenvalue weighted by Crippen LogP contribution is -2.07. The van der Waals surface area contributed by atoms with Gasteiger partial charge in [0.25, 0.3) is 0 Å². The highest BCUT2D eigenvalue weighted by molar-refractivity contribution is 5.39. The van der Waals surface area contributed by atoms with Crippen LogP contribution in [0.25, 0.3) is 0 Å². The minimum absolute atomic E-state index is 0.250. The van der Waals surface area contributed by atoms with E-state index in [1.807, 2.05) is 0 Å². The third kappa shape index (κ3) is 2.57. The van der Waals surface area contributed by atoms with Gasteiger partial charge in [0.05, 0.1) is 0 Å². The summed E-state index contributed by atoms with van der Waals surface area (Å²) in [7, 11) is 0. The van der Waals surface area contributed by atoms with Gasteiger partial charge in [-0.2, -0.15) is 0 Å². The summed E-state index contributed by atoms with van der Waals surface area (Å²) in [5.74, 6) is 0. The van der Waals surface area contributed by atoms with Crippen LogP contribution in [0.2, 0.25) is 0 Å². The molecule has 0 aliphatic heterocycles. The maximum atomic E-state index is 8.60. The highest BCUT2D eigenvalue weighted by Crippen LogP contribution is 2.06. The number of anilines is 1. The summed E-state index contributed by atoms with van der Waals surface area (Å²) in [6.45, 7) is 0. The molecular weight excluding hydrogens is 142 g/mol. The normalized spacial score (nSPS) is 10.5. The number of nitrogens with two attached hydrogens (primary N) is 1. The molecule has 0 atom stereocenters. The van der Waals surface area contributed by atoms with Crippen molar-refractivity contribution in [3.63, 3.8) is 0 Å². The molecule has 0 amide bonds. The van der Waals surface area contributed by atoms with Crippen LogP contribution >= 0.6 is 0 Å². The summed E-state index contributed by atoms with van der Waals surface area (Å²) < 4.78 is 0. The number of aliphatic hydroxyl groups excluding tert-OH is 1. The molecule has 3 nitrogen and oxygen atoms in total. The number of hydrogen-bond donors (Lipinski definition) is 3. The van der Waals surface area contributed by atoms with Crippen molar-refractivity contribution in [2.45, 2.75) is 12.7 Å². The molecule has 1 rings (SSSR count). The number of aliphatic hydroxyl groups is 2. The Morgan fingerprint density at radius 2 is 1.73 bits per heavy atom. The molecule has 4 N–H and O–H groups in total. The summed E-state index contributed by atoms with van der Waals surface area (Å²) in [6.07, 6.45) is -1.03. The van der Waals surface area contributed by atoms with Crippen LogP contribution in [0.5, 0.6) is 0 Å². The second-order valence-electron chi connectivity index (χ2n) is 2.43. The van der Waals surface area contributed by atoms with E-state index in [1.54, 1.807) is 24.3 Å². The van der Waals surface area contributed by atoms with Crippen LogP contribution in [0.4, 0.5) is 5.69 Å². The van der Waals surface area contributed by atoms with E-state index >= 15 is 0 Å². The number of nitrogen functional groups attached to an aromatic ring is 1. The van der Waals surface area contributed by atoms with E-state index in [-0.39, 0.29) is 6.42 Å². The molecule has 0 saturated heterocycles. The third-order valence-electron chi connectivity index (χ3n) is 1.40. The van der Waals surface area contributed by atoms with E-state index in [1.165, 1.54) is 0 Å². The molecule has 0 bridgehead atoms. The third-order valence-corrected chi connectivity index (χ3v) is 1.40. The minimum atomic E-state index is -1.28. The Labute approximate surface area is 65.1 Å². The summed E-state index contributed by atoms with van der Waals surface area (Å²) in [5, 5.41) is 17.2. The van der Waals surface area contributed by atoms with Crippen molar-refractivity contribution in [2.24, 2.45) is 0 Å².